The van der Waals surface area contributed by atoms with Crippen LogP contribution in [0.5, 0.6) is 0 Å². The van der Waals surface area contributed by atoms with Crippen LogP contribution in [0, 0.1) is 11.3 Å². The van der Waals surface area contributed by atoms with E-state index in [1.165, 1.54) is 116 Å². The predicted molar refractivity (Wildman–Crippen MR) is 151 cm³/mol. The van der Waals surface area contributed by atoms with Gasteiger partial charge in [0.25, 0.3) is 0 Å². The van der Waals surface area contributed by atoms with Crippen LogP contribution < -0.4 is 0 Å². The van der Waals surface area contributed by atoms with Gasteiger partial charge in [-0.05, 0) is 25.2 Å². The maximum atomic E-state index is 12.5. The van der Waals surface area contributed by atoms with Gasteiger partial charge < -0.3 is 20.1 Å². The Morgan fingerprint density at radius 2 is 0.972 bits per heavy atom. The summed E-state index contributed by atoms with van der Waals surface area (Å²) in [4.78, 5) is 12.5. The Morgan fingerprint density at radius 3 is 1.33 bits per heavy atom. The van der Waals surface area contributed by atoms with Crippen molar-refractivity contribution in [2.45, 2.75) is 155 Å². The molecule has 0 saturated carbocycles. The monoisotopic (exact) mass is 514 g/mol. The van der Waals surface area contributed by atoms with Crippen LogP contribution in [0.3, 0.4) is 0 Å². The van der Waals surface area contributed by atoms with Crippen molar-refractivity contribution in [2.75, 3.05) is 26.4 Å². The molecule has 36 heavy (non-hydrogen) atoms. The number of hydrogen-bond donors (Lipinski definition) is 3. The largest absolute Gasteiger partial charge is 0.466 e. The lowest BCUT2D eigenvalue weighted by molar-refractivity contribution is -0.146. The summed E-state index contributed by atoms with van der Waals surface area (Å²) < 4.78 is 5.44. The molecule has 0 aromatic rings. The van der Waals surface area contributed by atoms with E-state index in [1.54, 1.807) is 0 Å². The van der Waals surface area contributed by atoms with Gasteiger partial charge in [0.15, 0.2) is 0 Å². The summed E-state index contributed by atoms with van der Waals surface area (Å²) in [5, 5.41) is 28.4. The van der Waals surface area contributed by atoms with Crippen molar-refractivity contribution in [3.05, 3.63) is 0 Å². The van der Waals surface area contributed by atoms with Crippen LogP contribution in [0.1, 0.15) is 155 Å². The summed E-state index contributed by atoms with van der Waals surface area (Å²) in [6, 6.07) is 0. The minimum absolute atomic E-state index is 0.128. The molecule has 1 unspecified atom stereocenters. The van der Waals surface area contributed by atoms with Gasteiger partial charge in [-0.15, -0.1) is 0 Å². The van der Waals surface area contributed by atoms with E-state index in [1.807, 2.05) is 0 Å². The van der Waals surface area contributed by atoms with Crippen molar-refractivity contribution >= 4 is 5.97 Å². The molecular formula is C31H62O5. The molecule has 0 rings (SSSR count). The molecule has 0 radical (unpaired) electrons. The smallest absolute Gasteiger partial charge is 0.306 e. The Morgan fingerprint density at radius 1 is 0.611 bits per heavy atom. The minimum Gasteiger partial charge on any atom is -0.466 e. The summed E-state index contributed by atoms with van der Waals surface area (Å²) in [7, 11) is 0. The van der Waals surface area contributed by atoms with E-state index < -0.39 is 5.41 Å². The van der Waals surface area contributed by atoms with Crippen LogP contribution in [-0.2, 0) is 9.53 Å². The SMILES string of the molecule is CCCCCCCCCCCCC(CCCCCCCCCC)CC(=O)OCCC(CO)(CO)CO. The second-order valence-electron chi connectivity index (χ2n) is 11.2. The second-order valence-corrected chi connectivity index (χ2v) is 11.2. The highest BCUT2D eigenvalue weighted by Crippen LogP contribution is 2.24. The Bertz CT molecular complexity index is 456. The van der Waals surface area contributed by atoms with Crippen molar-refractivity contribution in [2.24, 2.45) is 11.3 Å². The molecule has 5 heteroatoms. The third-order valence-electron chi connectivity index (χ3n) is 7.79. The summed E-state index contributed by atoms with van der Waals surface area (Å²) in [5.74, 6) is 0.194. The Labute approximate surface area is 223 Å². The van der Waals surface area contributed by atoms with Gasteiger partial charge >= 0.3 is 5.97 Å². The Hall–Kier alpha value is -0.650. The average Bonchev–Trinajstić information content (AvgIpc) is 2.89. The number of carbonyl (C=O) groups is 1. The highest BCUT2D eigenvalue weighted by atomic mass is 16.5. The first-order chi connectivity index (χ1) is 17.6. The molecule has 0 fully saturated rings. The van der Waals surface area contributed by atoms with Gasteiger partial charge in [-0.25, -0.2) is 0 Å². The molecule has 216 valence electrons. The van der Waals surface area contributed by atoms with Gasteiger partial charge in [0.1, 0.15) is 0 Å². The molecular weight excluding hydrogens is 452 g/mol. The van der Waals surface area contributed by atoms with Crippen LogP contribution in [0.25, 0.3) is 0 Å². The molecule has 0 aliphatic carbocycles. The number of carbonyl (C=O) groups excluding carboxylic acids is 1. The molecule has 0 aromatic carbocycles. The Kier molecular flexibility index (Phi) is 25.5. The average molecular weight is 515 g/mol. The van der Waals surface area contributed by atoms with E-state index in [-0.39, 0.29) is 38.8 Å². The number of aliphatic hydroxyl groups excluding tert-OH is 3. The molecule has 0 aliphatic rings. The number of aliphatic hydroxyl groups is 3. The quantitative estimate of drug-likeness (QED) is 0.0734. The molecule has 0 saturated heterocycles. The van der Waals surface area contributed by atoms with E-state index in [0.29, 0.717) is 12.3 Å². The molecule has 0 heterocycles. The molecule has 0 aliphatic heterocycles. The van der Waals surface area contributed by atoms with Crippen LogP contribution >= 0.6 is 0 Å². The first kappa shape index (κ1) is 35.4. The lowest BCUT2D eigenvalue weighted by atomic mass is 9.88. The maximum Gasteiger partial charge on any atom is 0.306 e. The molecule has 0 bridgehead atoms. The fraction of sp³-hybridized carbons (Fsp3) is 0.968. The third-order valence-corrected chi connectivity index (χ3v) is 7.79. The zero-order chi connectivity index (χ0) is 26.7. The first-order valence-corrected chi connectivity index (χ1v) is 15.6. The van der Waals surface area contributed by atoms with Gasteiger partial charge in [-0.1, -0.05) is 129 Å². The number of rotatable bonds is 28. The predicted octanol–water partition coefficient (Wildman–Crippen LogP) is 7.73. The normalized spacial score (nSPS) is 12.7. The molecule has 0 amide bonds. The zero-order valence-electron chi connectivity index (χ0n) is 24.1. The molecule has 5 nitrogen and oxygen atoms in total. The van der Waals surface area contributed by atoms with Gasteiger partial charge in [0.2, 0.25) is 0 Å². The summed E-state index contributed by atoms with van der Waals surface area (Å²) in [5.41, 5.74) is -0.979. The van der Waals surface area contributed by atoms with Crippen LogP contribution in [0.15, 0.2) is 0 Å². The lowest BCUT2D eigenvalue weighted by Gasteiger charge is -2.27. The Balaban J connectivity index is 4.27. The number of ether oxygens (including phenoxy) is 1. The summed E-state index contributed by atoms with van der Waals surface area (Å²) >= 11 is 0. The van der Waals surface area contributed by atoms with Gasteiger partial charge in [-0.2, -0.15) is 0 Å². The molecule has 1 atom stereocenters. The van der Waals surface area contributed by atoms with Crippen LogP contribution in [-0.4, -0.2) is 47.7 Å². The van der Waals surface area contributed by atoms with E-state index in [4.69, 9.17) is 4.74 Å². The van der Waals surface area contributed by atoms with E-state index in [0.717, 1.165) is 12.8 Å². The van der Waals surface area contributed by atoms with Crippen molar-refractivity contribution in [3.63, 3.8) is 0 Å². The minimum atomic E-state index is -0.979. The molecule has 0 aromatic heterocycles. The van der Waals surface area contributed by atoms with E-state index >= 15 is 0 Å². The van der Waals surface area contributed by atoms with E-state index in [9.17, 15) is 20.1 Å². The maximum absolute atomic E-state index is 12.5. The number of hydrogen-bond acceptors (Lipinski definition) is 5. The molecule has 3 N–H and O–H groups in total. The number of unbranched alkanes of at least 4 members (excludes halogenated alkanes) is 16. The topological polar surface area (TPSA) is 87.0 Å². The highest BCUT2D eigenvalue weighted by molar-refractivity contribution is 5.69. The highest BCUT2D eigenvalue weighted by Gasteiger charge is 2.28. The van der Waals surface area contributed by atoms with Gasteiger partial charge in [0.05, 0.1) is 26.4 Å². The second kappa shape index (κ2) is 26.0. The van der Waals surface area contributed by atoms with E-state index in [2.05, 4.69) is 13.8 Å². The van der Waals surface area contributed by atoms with Crippen molar-refractivity contribution in [1.29, 1.82) is 0 Å². The first-order valence-electron chi connectivity index (χ1n) is 15.6. The fourth-order valence-corrected chi connectivity index (χ4v) is 4.90. The van der Waals surface area contributed by atoms with Crippen LogP contribution in [0.2, 0.25) is 0 Å². The van der Waals surface area contributed by atoms with Crippen molar-refractivity contribution in [1.82, 2.24) is 0 Å². The van der Waals surface area contributed by atoms with Crippen molar-refractivity contribution in [3.8, 4) is 0 Å². The van der Waals surface area contributed by atoms with Gasteiger partial charge in [0, 0.05) is 11.8 Å². The summed E-state index contributed by atoms with van der Waals surface area (Å²) in [6.07, 6.45) is 26.6. The fourth-order valence-electron chi connectivity index (χ4n) is 4.90. The third kappa shape index (κ3) is 20.4. The van der Waals surface area contributed by atoms with Gasteiger partial charge in [-0.3, -0.25) is 4.79 Å². The number of esters is 1. The standard InChI is InChI=1S/C31H62O5/c1-3-5-7-9-11-13-14-16-18-20-22-29(21-19-17-15-12-10-8-6-4-2)25-30(35)36-24-23-31(26-32,27-33)28-34/h29,32-34H,3-28H2,1-2H3. The molecule has 0 spiro atoms. The summed E-state index contributed by atoms with van der Waals surface area (Å²) in [6.45, 7) is 3.68. The van der Waals surface area contributed by atoms with Crippen molar-refractivity contribution < 1.29 is 24.9 Å². The lowest BCUT2D eigenvalue weighted by Crippen LogP contribution is -2.35. The van der Waals surface area contributed by atoms with Crippen LogP contribution in [0.4, 0.5) is 0 Å². The zero-order valence-corrected chi connectivity index (χ0v) is 24.1.